The summed E-state index contributed by atoms with van der Waals surface area (Å²) in [7, 11) is 0. The van der Waals surface area contributed by atoms with E-state index in [1.54, 1.807) is 0 Å². The van der Waals surface area contributed by atoms with E-state index in [1.807, 2.05) is 11.0 Å². The summed E-state index contributed by atoms with van der Waals surface area (Å²) < 4.78 is 5.33. The third-order valence-electron chi connectivity index (χ3n) is 5.32. The van der Waals surface area contributed by atoms with E-state index in [0.29, 0.717) is 38.0 Å². The molecule has 2 aromatic rings. The lowest BCUT2D eigenvalue weighted by molar-refractivity contribution is 0.0299. The van der Waals surface area contributed by atoms with Crippen LogP contribution in [-0.2, 0) is 11.3 Å². The minimum atomic E-state index is 0.00113. The van der Waals surface area contributed by atoms with Gasteiger partial charge in [0, 0.05) is 19.6 Å². The van der Waals surface area contributed by atoms with Crippen molar-refractivity contribution in [2.24, 2.45) is 0 Å². The number of ether oxygens (including phenoxy) is 1. The maximum Gasteiger partial charge on any atom is 0.274 e. The van der Waals surface area contributed by atoms with Crippen molar-refractivity contribution in [3.05, 3.63) is 53.3 Å². The molecule has 1 N–H and O–H groups in total. The lowest BCUT2D eigenvalue weighted by Gasteiger charge is -2.35. The van der Waals surface area contributed by atoms with Gasteiger partial charge in [-0.3, -0.25) is 14.8 Å². The van der Waals surface area contributed by atoms with E-state index < -0.39 is 0 Å². The fourth-order valence-corrected chi connectivity index (χ4v) is 3.90. The highest BCUT2D eigenvalue weighted by molar-refractivity contribution is 5.92. The molecule has 6 heteroatoms. The number of nitrogens with zero attached hydrogens (tertiary/aromatic N) is 3. The number of hydrogen-bond donors (Lipinski definition) is 1. The van der Waals surface area contributed by atoms with Crippen LogP contribution >= 0.6 is 0 Å². The predicted molar refractivity (Wildman–Crippen MR) is 98.8 cm³/mol. The molecule has 2 saturated heterocycles. The van der Waals surface area contributed by atoms with Gasteiger partial charge in [0.15, 0.2) is 0 Å². The number of morpholine rings is 1. The summed E-state index contributed by atoms with van der Waals surface area (Å²) in [5.41, 5.74) is 2.90. The van der Waals surface area contributed by atoms with E-state index in [-0.39, 0.29) is 5.91 Å². The zero-order valence-corrected chi connectivity index (χ0v) is 15.1. The van der Waals surface area contributed by atoms with Crippen LogP contribution in [0.25, 0.3) is 0 Å². The number of likely N-dealkylation sites (tertiary alicyclic amines) is 1. The zero-order chi connectivity index (χ0) is 17.8. The number of rotatable bonds is 4. The summed E-state index contributed by atoms with van der Waals surface area (Å²) in [5.74, 6) is 0.00113. The number of aromatic nitrogens is 2. The van der Waals surface area contributed by atoms with Crippen molar-refractivity contribution in [3.8, 4) is 0 Å². The SMILES string of the molecule is O=C(c1cc(C2CCCCN2Cc2ccccc2)[nH]n1)N1CCOCC1. The molecule has 2 aliphatic rings. The Labute approximate surface area is 154 Å². The molecule has 0 radical (unpaired) electrons. The first-order valence-electron chi connectivity index (χ1n) is 9.51. The average Bonchev–Trinajstić information content (AvgIpc) is 3.19. The van der Waals surface area contributed by atoms with Crippen molar-refractivity contribution >= 4 is 5.91 Å². The number of hydrogen-bond acceptors (Lipinski definition) is 4. The third kappa shape index (κ3) is 3.81. The molecule has 0 bridgehead atoms. The monoisotopic (exact) mass is 354 g/mol. The van der Waals surface area contributed by atoms with Crippen molar-refractivity contribution < 1.29 is 9.53 Å². The average molecular weight is 354 g/mol. The molecule has 4 rings (SSSR count). The van der Waals surface area contributed by atoms with Gasteiger partial charge in [-0.2, -0.15) is 5.10 Å². The Morgan fingerprint density at radius 1 is 1.15 bits per heavy atom. The number of carbonyl (C=O) groups excluding carboxylic acids is 1. The van der Waals surface area contributed by atoms with Gasteiger partial charge in [-0.15, -0.1) is 0 Å². The molecule has 3 heterocycles. The molecule has 6 nitrogen and oxygen atoms in total. The number of H-pyrrole nitrogens is 1. The van der Waals surface area contributed by atoms with Gasteiger partial charge >= 0.3 is 0 Å². The largest absolute Gasteiger partial charge is 0.378 e. The van der Waals surface area contributed by atoms with Crippen molar-refractivity contribution in [3.63, 3.8) is 0 Å². The minimum absolute atomic E-state index is 0.00113. The second-order valence-electron chi connectivity index (χ2n) is 7.08. The van der Waals surface area contributed by atoms with Crippen LogP contribution in [0.3, 0.4) is 0 Å². The quantitative estimate of drug-likeness (QED) is 0.917. The van der Waals surface area contributed by atoms with Gasteiger partial charge in [0.05, 0.1) is 24.9 Å². The maximum atomic E-state index is 12.6. The molecular weight excluding hydrogens is 328 g/mol. The Kier molecular flexibility index (Phi) is 5.32. The Morgan fingerprint density at radius 3 is 2.77 bits per heavy atom. The fraction of sp³-hybridized carbons (Fsp3) is 0.500. The summed E-state index contributed by atoms with van der Waals surface area (Å²) in [4.78, 5) is 17.0. The van der Waals surface area contributed by atoms with Crippen LogP contribution in [0.2, 0.25) is 0 Å². The molecule has 2 fully saturated rings. The van der Waals surface area contributed by atoms with Crippen LogP contribution in [-0.4, -0.2) is 58.8 Å². The van der Waals surface area contributed by atoms with Gasteiger partial charge in [-0.05, 0) is 31.0 Å². The lowest BCUT2D eigenvalue weighted by Crippen LogP contribution is -2.40. The van der Waals surface area contributed by atoms with Gasteiger partial charge in [0.25, 0.3) is 5.91 Å². The fourth-order valence-electron chi connectivity index (χ4n) is 3.90. The summed E-state index contributed by atoms with van der Waals surface area (Å²) >= 11 is 0. The molecule has 1 atom stereocenters. The molecular formula is C20H26N4O2. The van der Waals surface area contributed by atoms with E-state index in [4.69, 9.17) is 4.74 Å². The smallest absolute Gasteiger partial charge is 0.274 e. The van der Waals surface area contributed by atoms with Crippen molar-refractivity contribution in [2.75, 3.05) is 32.8 Å². The van der Waals surface area contributed by atoms with E-state index in [1.165, 1.54) is 18.4 Å². The van der Waals surface area contributed by atoms with E-state index in [9.17, 15) is 4.79 Å². The van der Waals surface area contributed by atoms with Crippen LogP contribution in [0.15, 0.2) is 36.4 Å². The van der Waals surface area contributed by atoms with Crippen LogP contribution < -0.4 is 0 Å². The molecule has 1 amide bonds. The summed E-state index contributed by atoms with van der Waals surface area (Å²) in [5, 5.41) is 7.47. The standard InChI is InChI=1S/C20H26N4O2/c25-20(23-10-12-26-13-11-23)18-14-17(21-22-18)19-8-4-5-9-24(19)15-16-6-2-1-3-7-16/h1-3,6-7,14,19H,4-5,8-13,15H2,(H,21,22). The van der Waals surface area contributed by atoms with Crippen LogP contribution in [0.5, 0.6) is 0 Å². The van der Waals surface area contributed by atoms with Gasteiger partial charge in [-0.25, -0.2) is 0 Å². The number of nitrogens with one attached hydrogen (secondary N) is 1. The summed E-state index contributed by atoms with van der Waals surface area (Å²) in [6.07, 6.45) is 3.53. The van der Waals surface area contributed by atoms with Crippen LogP contribution in [0, 0.1) is 0 Å². The molecule has 138 valence electrons. The highest BCUT2D eigenvalue weighted by atomic mass is 16.5. The number of piperidine rings is 1. The zero-order valence-electron chi connectivity index (χ0n) is 15.1. The number of amides is 1. The second kappa shape index (κ2) is 8.01. The first-order chi connectivity index (χ1) is 12.8. The molecule has 1 aromatic heterocycles. The van der Waals surface area contributed by atoms with Gasteiger partial charge in [0.1, 0.15) is 5.69 Å². The molecule has 0 saturated carbocycles. The van der Waals surface area contributed by atoms with Crippen molar-refractivity contribution in [1.82, 2.24) is 20.0 Å². The predicted octanol–water partition coefficient (Wildman–Crippen LogP) is 2.61. The van der Waals surface area contributed by atoms with E-state index in [2.05, 4.69) is 45.4 Å². The number of benzene rings is 1. The number of carbonyl (C=O) groups is 1. The van der Waals surface area contributed by atoms with Gasteiger partial charge in [-0.1, -0.05) is 36.8 Å². The molecule has 1 unspecified atom stereocenters. The maximum absolute atomic E-state index is 12.6. The van der Waals surface area contributed by atoms with Crippen LogP contribution in [0.1, 0.15) is 47.1 Å². The van der Waals surface area contributed by atoms with Crippen molar-refractivity contribution in [1.29, 1.82) is 0 Å². The molecule has 2 aliphatic heterocycles. The minimum Gasteiger partial charge on any atom is -0.378 e. The Bertz CT molecular complexity index is 724. The van der Waals surface area contributed by atoms with Crippen LogP contribution in [0.4, 0.5) is 0 Å². The highest BCUT2D eigenvalue weighted by Gasteiger charge is 2.27. The molecule has 1 aromatic carbocycles. The Hall–Kier alpha value is -2.18. The lowest BCUT2D eigenvalue weighted by atomic mass is 9.98. The molecule has 0 spiro atoms. The first kappa shape index (κ1) is 17.2. The number of aromatic amines is 1. The second-order valence-corrected chi connectivity index (χ2v) is 7.08. The summed E-state index contributed by atoms with van der Waals surface area (Å²) in [6.45, 7) is 4.50. The highest BCUT2D eigenvalue weighted by Crippen LogP contribution is 2.31. The van der Waals surface area contributed by atoms with E-state index >= 15 is 0 Å². The van der Waals surface area contributed by atoms with Crippen molar-refractivity contribution in [2.45, 2.75) is 31.8 Å². The summed E-state index contributed by atoms with van der Waals surface area (Å²) in [6, 6.07) is 12.8. The first-order valence-corrected chi connectivity index (χ1v) is 9.51. The molecule has 0 aliphatic carbocycles. The van der Waals surface area contributed by atoms with Gasteiger partial charge < -0.3 is 9.64 Å². The normalized spacial score (nSPS) is 21.7. The third-order valence-corrected chi connectivity index (χ3v) is 5.32. The Balaban J connectivity index is 1.48. The molecule has 26 heavy (non-hydrogen) atoms. The topological polar surface area (TPSA) is 61.5 Å². The van der Waals surface area contributed by atoms with E-state index in [0.717, 1.165) is 25.2 Å². The van der Waals surface area contributed by atoms with Gasteiger partial charge in [0.2, 0.25) is 0 Å². The Morgan fingerprint density at radius 2 is 1.96 bits per heavy atom.